The van der Waals surface area contributed by atoms with Gasteiger partial charge in [-0.2, -0.15) is 0 Å². The van der Waals surface area contributed by atoms with Crippen molar-refractivity contribution in [3.05, 3.63) is 69.7 Å². The maximum atomic E-state index is 13.0. The number of para-hydroxylation sites is 1. The second kappa shape index (κ2) is 7.14. The number of furan rings is 1. The fourth-order valence-electron chi connectivity index (χ4n) is 3.77. The predicted octanol–water partition coefficient (Wildman–Crippen LogP) is 4.29. The van der Waals surface area contributed by atoms with Gasteiger partial charge >= 0.3 is 5.97 Å². The fourth-order valence-corrected chi connectivity index (χ4v) is 4.19. The van der Waals surface area contributed by atoms with Crippen LogP contribution in [0.3, 0.4) is 0 Å². The molecule has 144 valence electrons. The monoisotopic (exact) mass is 462 g/mol. The second-order valence-corrected chi connectivity index (χ2v) is 7.71. The Morgan fingerprint density at radius 1 is 1.32 bits per heavy atom. The smallest absolute Gasteiger partial charge is 0.328 e. The average molecular weight is 464 g/mol. The van der Waals surface area contributed by atoms with Crippen LogP contribution in [-0.2, 0) is 20.7 Å². The van der Waals surface area contributed by atoms with Gasteiger partial charge in [0.05, 0.1) is 17.8 Å². The van der Waals surface area contributed by atoms with Crippen molar-refractivity contribution in [2.75, 3.05) is 7.11 Å². The number of H-pyrrole nitrogens is 1. The third kappa shape index (κ3) is 2.95. The number of fused-ring (bicyclic) bond motifs is 3. The van der Waals surface area contributed by atoms with Crippen molar-refractivity contribution in [1.82, 2.24) is 9.88 Å². The molecular weight excluding hydrogens is 448 g/mol. The van der Waals surface area contributed by atoms with E-state index in [0.717, 1.165) is 22.2 Å². The molecule has 1 aromatic carbocycles. The van der Waals surface area contributed by atoms with Gasteiger partial charge in [0.25, 0.3) is 5.91 Å². The Balaban J connectivity index is 1.99. The van der Waals surface area contributed by atoms with Crippen LogP contribution in [0, 0.1) is 0 Å². The highest BCUT2D eigenvalue weighted by atomic mass is 79.9. The highest BCUT2D eigenvalue weighted by molar-refractivity contribution is 9.10. The molecule has 28 heavy (non-hydrogen) atoms. The fraction of sp³-hybridized carbons (Fsp3) is 0.200. The number of hydrogen-bond acceptors (Lipinski definition) is 4. The summed E-state index contributed by atoms with van der Waals surface area (Å²) in [6.45, 7) is 3.55. The van der Waals surface area contributed by atoms with Crippen LogP contribution in [0.1, 0.15) is 23.1 Å². The minimum Gasteiger partial charge on any atom is -0.467 e. The van der Waals surface area contributed by atoms with Crippen LogP contribution in [0.5, 0.6) is 0 Å². The third-order valence-corrected chi connectivity index (χ3v) is 5.52. The van der Waals surface area contributed by atoms with Crippen LogP contribution in [0.25, 0.3) is 10.9 Å². The summed E-state index contributed by atoms with van der Waals surface area (Å²) < 4.78 is 11.3. The van der Waals surface area contributed by atoms with Crippen LogP contribution in [0.4, 0.5) is 0 Å². The minimum atomic E-state index is -0.867. The highest BCUT2D eigenvalue weighted by Crippen LogP contribution is 2.42. The van der Waals surface area contributed by atoms with E-state index in [1.54, 1.807) is 12.1 Å². The Kier molecular flexibility index (Phi) is 4.81. The van der Waals surface area contributed by atoms with Crippen molar-refractivity contribution in [1.29, 1.82) is 0 Å². The van der Waals surface area contributed by atoms with E-state index in [9.17, 15) is 9.59 Å². The van der Waals surface area contributed by atoms with Crippen LogP contribution in [-0.4, -0.2) is 34.9 Å². The standard InChI is InChI=1S/C20H16BrClN2O4/c1-10(22)19(25)24-14(20(26)27-2)9-12-11-5-3-4-6-13(11)23-17(12)18(24)15-7-8-16(21)28-15/h3-8,14,18,23H,1,9H2,2H3/t14-,18-/m0/s1. The van der Waals surface area contributed by atoms with Gasteiger partial charge in [-0.05, 0) is 39.7 Å². The molecule has 0 spiro atoms. The molecule has 0 unspecified atom stereocenters. The van der Waals surface area contributed by atoms with E-state index in [-0.39, 0.29) is 5.03 Å². The van der Waals surface area contributed by atoms with Gasteiger partial charge in [-0.25, -0.2) is 4.79 Å². The molecular formula is C20H16BrClN2O4. The Morgan fingerprint density at radius 2 is 2.07 bits per heavy atom. The number of benzene rings is 1. The third-order valence-electron chi connectivity index (χ3n) is 4.93. The van der Waals surface area contributed by atoms with Crippen molar-refractivity contribution >= 4 is 50.3 Å². The summed E-state index contributed by atoms with van der Waals surface area (Å²) in [5.74, 6) is -0.601. The molecule has 1 amide bonds. The molecule has 2 atom stereocenters. The molecule has 4 rings (SSSR count). The van der Waals surface area contributed by atoms with Gasteiger partial charge in [-0.15, -0.1) is 0 Å². The van der Waals surface area contributed by atoms with Gasteiger partial charge in [-0.3, -0.25) is 4.79 Å². The number of rotatable bonds is 3. The summed E-state index contributed by atoms with van der Waals surface area (Å²) in [6, 6.07) is 9.71. The molecule has 6 nitrogen and oxygen atoms in total. The quantitative estimate of drug-likeness (QED) is 0.464. The number of ether oxygens (including phenoxy) is 1. The topological polar surface area (TPSA) is 75.5 Å². The molecule has 1 aliphatic rings. The summed E-state index contributed by atoms with van der Waals surface area (Å²) in [6.07, 6.45) is 0.292. The molecule has 3 heterocycles. The maximum Gasteiger partial charge on any atom is 0.328 e. The van der Waals surface area contributed by atoms with Crippen molar-refractivity contribution in [2.45, 2.75) is 18.5 Å². The zero-order chi connectivity index (χ0) is 20.0. The number of esters is 1. The number of carbonyl (C=O) groups excluding carboxylic acids is 2. The first-order chi connectivity index (χ1) is 13.4. The van der Waals surface area contributed by atoms with E-state index in [4.69, 9.17) is 20.8 Å². The van der Waals surface area contributed by atoms with E-state index >= 15 is 0 Å². The van der Waals surface area contributed by atoms with Gasteiger partial charge in [0.15, 0.2) is 4.67 Å². The lowest BCUT2D eigenvalue weighted by Crippen LogP contribution is -2.51. The number of halogens is 2. The van der Waals surface area contributed by atoms with Crippen molar-refractivity contribution < 1.29 is 18.7 Å². The van der Waals surface area contributed by atoms with E-state index < -0.39 is 24.0 Å². The minimum absolute atomic E-state index is 0.191. The molecule has 0 saturated carbocycles. The Morgan fingerprint density at radius 3 is 2.71 bits per heavy atom. The number of methoxy groups -OCH3 is 1. The number of nitrogens with one attached hydrogen (secondary N) is 1. The zero-order valence-corrected chi connectivity index (χ0v) is 17.2. The molecule has 0 fully saturated rings. The SMILES string of the molecule is C=C(Cl)C(=O)N1[C@@H](c2ccc(Br)o2)c2[nH]c3ccccc3c2C[C@H]1C(=O)OC. The second-order valence-electron chi connectivity index (χ2n) is 6.47. The molecule has 1 N–H and O–H groups in total. The lowest BCUT2D eigenvalue weighted by atomic mass is 9.90. The van der Waals surface area contributed by atoms with Crippen molar-refractivity contribution in [2.24, 2.45) is 0 Å². The van der Waals surface area contributed by atoms with E-state index in [1.165, 1.54) is 12.0 Å². The molecule has 0 aliphatic carbocycles. The molecule has 8 heteroatoms. The number of nitrogens with zero attached hydrogens (tertiary/aromatic N) is 1. The summed E-state index contributed by atoms with van der Waals surface area (Å²) >= 11 is 9.25. The van der Waals surface area contributed by atoms with Crippen LogP contribution in [0.15, 0.2) is 57.1 Å². The first-order valence-electron chi connectivity index (χ1n) is 8.52. The van der Waals surface area contributed by atoms with Gasteiger partial charge in [-0.1, -0.05) is 36.4 Å². The van der Waals surface area contributed by atoms with E-state index in [0.29, 0.717) is 16.9 Å². The van der Waals surface area contributed by atoms with E-state index in [2.05, 4.69) is 27.5 Å². The number of carbonyl (C=O) groups is 2. The predicted molar refractivity (Wildman–Crippen MR) is 108 cm³/mol. The molecule has 0 bridgehead atoms. The molecule has 0 radical (unpaired) electrons. The first kappa shape index (κ1) is 18.8. The van der Waals surface area contributed by atoms with Crippen LogP contribution >= 0.6 is 27.5 Å². The lowest BCUT2D eigenvalue weighted by molar-refractivity contribution is -0.153. The zero-order valence-electron chi connectivity index (χ0n) is 14.9. The summed E-state index contributed by atoms with van der Waals surface area (Å²) in [4.78, 5) is 30.3. The lowest BCUT2D eigenvalue weighted by Gasteiger charge is -2.39. The Bertz CT molecular complexity index is 1100. The van der Waals surface area contributed by atoms with Crippen LogP contribution < -0.4 is 0 Å². The molecule has 2 aromatic heterocycles. The van der Waals surface area contributed by atoms with Gasteiger partial charge in [0.1, 0.15) is 17.8 Å². The van der Waals surface area contributed by atoms with Gasteiger partial charge in [0, 0.05) is 17.3 Å². The van der Waals surface area contributed by atoms with E-state index in [1.807, 2.05) is 24.3 Å². The van der Waals surface area contributed by atoms with Crippen LogP contribution in [0.2, 0.25) is 0 Å². The number of aromatic nitrogens is 1. The summed E-state index contributed by atoms with van der Waals surface area (Å²) in [7, 11) is 1.30. The highest BCUT2D eigenvalue weighted by Gasteiger charge is 2.45. The average Bonchev–Trinajstić information content (AvgIpc) is 3.28. The summed E-state index contributed by atoms with van der Waals surface area (Å²) in [5.41, 5.74) is 2.62. The Labute approximate surface area is 174 Å². The number of amides is 1. The summed E-state index contributed by atoms with van der Waals surface area (Å²) in [5, 5.41) is 0.794. The number of hydrogen-bond donors (Lipinski definition) is 1. The van der Waals surface area contributed by atoms with Gasteiger partial charge < -0.3 is 19.0 Å². The molecule has 3 aromatic rings. The molecule has 0 saturated heterocycles. The van der Waals surface area contributed by atoms with Crippen molar-refractivity contribution in [3.63, 3.8) is 0 Å². The Hall–Kier alpha value is -2.51. The van der Waals surface area contributed by atoms with Crippen molar-refractivity contribution in [3.8, 4) is 0 Å². The largest absolute Gasteiger partial charge is 0.467 e. The number of aromatic amines is 1. The first-order valence-corrected chi connectivity index (χ1v) is 9.69. The van der Waals surface area contributed by atoms with Gasteiger partial charge in [0.2, 0.25) is 0 Å². The normalized spacial score (nSPS) is 18.8. The maximum absolute atomic E-state index is 13.0. The molecule has 1 aliphatic heterocycles.